The number of nitrogens with zero attached hydrogens (tertiary/aromatic N) is 1. The summed E-state index contributed by atoms with van der Waals surface area (Å²) in [6.45, 7) is 8.64. The van der Waals surface area contributed by atoms with Gasteiger partial charge in [0.05, 0.1) is 5.92 Å². The Balaban J connectivity index is 1.88. The van der Waals surface area contributed by atoms with Gasteiger partial charge in [0.25, 0.3) is 0 Å². The molecule has 2 aliphatic heterocycles. The van der Waals surface area contributed by atoms with Crippen molar-refractivity contribution in [2.45, 2.75) is 39.3 Å². The summed E-state index contributed by atoms with van der Waals surface area (Å²) in [5, 5.41) is 3.41. The summed E-state index contributed by atoms with van der Waals surface area (Å²) in [4.78, 5) is 2.25. The van der Waals surface area contributed by atoms with Crippen LogP contribution in [0.1, 0.15) is 33.1 Å². The highest BCUT2D eigenvalue weighted by Gasteiger charge is 2.43. The van der Waals surface area contributed by atoms with Crippen molar-refractivity contribution < 1.29 is 13.2 Å². The lowest BCUT2D eigenvalue weighted by molar-refractivity contribution is -0.185. The van der Waals surface area contributed by atoms with E-state index in [9.17, 15) is 13.2 Å². The van der Waals surface area contributed by atoms with Gasteiger partial charge in [-0.2, -0.15) is 13.2 Å². The maximum atomic E-state index is 12.6. The standard InChI is InChI=1S/C14H25F3N2/c1-11(2)13(5-6-18-9-13)10-19-7-3-12(4-8-19)14(15,16)17/h11-12,18H,3-10H2,1-2H3. The number of halogens is 3. The molecule has 2 heterocycles. The van der Waals surface area contributed by atoms with E-state index >= 15 is 0 Å². The zero-order valence-electron chi connectivity index (χ0n) is 11.9. The molecule has 0 radical (unpaired) electrons. The van der Waals surface area contributed by atoms with E-state index in [1.54, 1.807) is 0 Å². The fraction of sp³-hybridized carbons (Fsp3) is 1.00. The summed E-state index contributed by atoms with van der Waals surface area (Å²) < 4.78 is 37.9. The Morgan fingerprint density at radius 2 is 1.89 bits per heavy atom. The van der Waals surface area contributed by atoms with Crippen LogP contribution in [0.25, 0.3) is 0 Å². The first-order valence-corrected chi connectivity index (χ1v) is 7.33. The lowest BCUT2D eigenvalue weighted by Gasteiger charge is -2.41. The summed E-state index contributed by atoms with van der Waals surface area (Å²) in [5.74, 6) is -0.511. The van der Waals surface area contributed by atoms with Gasteiger partial charge in [0, 0.05) is 13.1 Å². The smallest absolute Gasteiger partial charge is 0.316 e. The summed E-state index contributed by atoms with van der Waals surface area (Å²) in [6.07, 6.45) is -2.32. The number of hydrogen-bond donors (Lipinski definition) is 1. The van der Waals surface area contributed by atoms with E-state index in [4.69, 9.17) is 0 Å². The number of likely N-dealkylation sites (tertiary alicyclic amines) is 1. The van der Waals surface area contributed by atoms with Crippen molar-refractivity contribution in [3.63, 3.8) is 0 Å². The Hall–Kier alpha value is -0.290. The molecule has 5 heteroatoms. The summed E-state index contributed by atoms with van der Waals surface area (Å²) >= 11 is 0. The van der Waals surface area contributed by atoms with Crippen molar-refractivity contribution >= 4 is 0 Å². The maximum absolute atomic E-state index is 12.6. The molecule has 0 aliphatic carbocycles. The third-order valence-corrected chi connectivity index (χ3v) is 5.09. The Bertz CT molecular complexity index is 288. The minimum Gasteiger partial charge on any atom is -0.316 e. The molecule has 1 atom stereocenters. The molecule has 0 aromatic carbocycles. The van der Waals surface area contributed by atoms with Gasteiger partial charge >= 0.3 is 6.18 Å². The van der Waals surface area contributed by atoms with Crippen LogP contribution in [-0.2, 0) is 0 Å². The molecule has 0 aromatic rings. The van der Waals surface area contributed by atoms with Crippen molar-refractivity contribution in [3.8, 4) is 0 Å². The van der Waals surface area contributed by atoms with Gasteiger partial charge < -0.3 is 10.2 Å². The molecule has 1 N–H and O–H groups in total. The molecule has 112 valence electrons. The Morgan fingerprint density at radius 1 is 1.26 bits per heavy atom. The largest absolute Gasteiger partial charge is 0.391 e. The van der Waals surface area contributed by atoms with Crippen LogP contribution in [0.2, 0.25) is 0 Å². The summed E-state index contributed by atoms with van der Waals surface area (Å²) in [7, 11) is 0. The number of hydrogen-bond acceptors (Lipinski definition) is 2. The summed E-state index contributed by atoms with van der Waals surface area (Å²) in [5.41, 5.74) is 0.255. The van der Waals surface area contributed by atoms with Crippen molar-refractivity contribution in [3.05, 3.63) is 0 Å². The van der Waals surface area contributed by atoms with E-state index in [1.165, 1.54) is 0 Å². The van der Waals surface area contributed by atoms with Gasteiger partial charge in [-0.1, -0.05) is 13.8 Å². The van der Waals surface area contributed by atoms with Crippen molar-refractivity contribution in [1.82, 2.24) is 10.2 Å². The molecule has 19 heavy (non-hydrogen) atoms. The highest BCUT2D eigenvalue weighted by Crippen LogP contribution is 2.38. The molecule has 0 saturated carbocycles. The average Bonchev–Trinajstić information content (AvgIpc) is 2.78. The third-order valence-electron chi connectivity index (χ3n) is 5.09. The first kappa shape index (κ1) is 15.1. The molecule has 0 spiro atoms. The third kappa shape index (κ3) is 3.43. The van der Waals surface area contributed by atoms with Crippen LogP contribution in [-0.4, -0.2) is 43.8 Å². The molecule has 0 bridgehead atoms. The van der Waals surface area contributed by atoms with Gasteiger partial charge in [-0.3, -0.25) is 0 Å². The molecule has 2 nitrogen and oxygen atoms in total. The molecular formula is C14H25F3N2. The molecule has 2 aliphatic rings. The van der Waals surface area contributed by atoms with Crippen LogP contribution < -0.4 is 5.32 Å². The normalized spacial score (nSPS) is 31.3. The van der Waals surface area contributed by atoms with E-state index in [2.05, 4.69) is 24.1 Å². The molecule has 0 amide bonds. The fourth-order valence-corrected chi connectivity index (χ4v) is 3.44. The second-order valence-corrected chi connectivity index (χ2v) is 6.54. The first-order chi connectivity index (χ1) is 8.83. The minimum absolute atomic E-state index is 0.255. The van der Waals surface area contributed by atoms with Gasteiger partial charge in [-0.05, 0) is 50.2 Å². The first-order valence-electron chi connectivity index (χ1n) is 7.33. The summed E-state index contributed by atoms with van der Waals surface area (Å²) in [6, 6.07) is 0. The van der Waals surface area contributed by atoms with Gasteiger partial charge in [0.1, 0.15) is 0 Å². The molecular weight excluding hydrogens is 253 g/mol. The van der Waals surface area contributed by atoms with Gasteiger partial charge in [0.15, 0.2) is 0 Å². The van der Waals surface area contributed by atoms with Crippen LogP contribution in [0.4, 0.5) is 13.2 Å². The highest BCUT2D eigenvalue weighted by atomic mass is 19.4. The van der Waals surface area contributed by atoms with Crippen LogP contribution in [0.15, 0.2) is 0 Å². The van der Waals surface area contributed by atoms with Crippen LogP contribution in [0.5, 0.6) is 0 Å². The number of alkyl halides is 3. The second kappa shape index (κ2) is 5.60. The highest BCUT2D eigenvalue weighted by molar-refractivity contribution is 4.93. The Kier molecular flexibility index (Phi) is 4.45. The van der Waals surface area contributed by atoms with Crippen molar-refractivity contribution in [2.75, 3.05) is 32.7 Å². The Labute approximate surface area is 113 Å². The van der Waals surface area contributed by atoms with E-state index in [0.29, 0.717) is 19.0 Å². The van der Waals surface area contributed by atoms with Crippen LogP contribution >= 0.6 is 0 Å². The van der Waals surface area contributed by atoms with Crippen molar-refractivity contribution in [1.29, 1.82) is 0 Å². The lowest BCUT2D eigenvalue weighted by atomic mass is 9.75. The number of piperidine rings is 1. The fourth-order valence-electron chi connectivity index (χ4n) is 3.44. The van der Waals surface area contributed by atoms with Gasteiger partial charge in [-0.15, -0.1) is 0 Å². The predicted molar refractivity (Wildman–Crippen MR) is 70.0 cm³/mol. The Morgan fingerprint density at radius 3 is 2.32 bits per heavy atom. The minimum atomic E-state index is -4.00. The van der Waals surface area contributed by atoms with Gasteiger partial charge in [-0.25, -0.2) is 0 Å². The lowest BCUT2D eigenvalue weighted by Crippen LogP contribution is -2.47. The molecule has 0 aromatic heterocycles. The number of rotatable bonds is 3. The predicted octanol–water partition coefficient (Wildman–Crippen LogP) is 2.90. The SMILES string of the molecule is CC(C)C1(CN2CCC(C(F)(F)F)CC2)CCNC1. The average molecular weight is 278 g/mol. The molecule has 2 rings (SSSR count). The monoisotopic (exact) mass is 278 g/mol. The second-order valence-electron chi connectivity index (χ2n) is 6.54. The zero-order chi connectivity index (χ0) is 14.1. The van der Waals surface area contributed by atoms with E-state index < -0.39 is 12.1 Å². The quantitative estimate of drug-likeness (QED) is 0.854. The van der Waals surface area contributed by atoms with E-state index in [1.807, 2.05) is 0 Å². The molecule has 2 fully saturated rings. The van der Waals surface area contributed by atoms with E-state index in [-0.39, 0.29) is 18.3 Å². The van der Waals surface area contributed by atoms with Crippen molar-refractivity contribution in [2.24, 2.45) is 17.3 Å². The zero-order valence-corrected chi connectivity index (χ0v) is 11.9. The van der Waals surface area contributed by atoms with E-state index in [0.717, 1.165) is 26.1 Å². The van der Waals surface area contributed by atoms with Gasteiger partial charge in [0.2, 0.25) is 0 Å². The topological polar surface area (TPSA) is 15.3 Å². The number of nitrogens with one attached hydrogen (secondary N) is 1. The molecule has 2 saturated heterocycles. The molecule has 1 unspecified atom stereocenters. The maximum Gasteiger partial charge on any atom is 0.391 e. The van der Waals surface area contributed by atoms with Crippen LogP contribution in [0.3, 0.4) is 0 Å². The van der Waals surface area contributed by atoms with Crippen LogP contribution in [0, 0.1) is 17.3 Å².